The zero-order chi connectivity index (χ0) is 19.8. The Morgan fingerprint density at radius 2 is 2.11 bits per heavy atom. The number of carbonyl (C=O) groups is 2. The first-order valence-corrected chi connectivity index (χ1v) is 9.76. The first-order chi connectivity index (χ1) is 13.4. The number of fused-ring (bicyclic) bond motifs is 1. The first kappa shape index (κ1) is 18.5. The van der Waals surface area contributed by atoms with Gasteiger partial charge in [0.05, 0.1) is 11.4 Å². The number of anilines is 2. The number of halogens is 1. The Kier molecular flexibility index (Phi) is 4.78. The lowest BCUT2D eigenvalue weighted by Gasteiger charge is -2.23. The molecule has 6 nitrogen and oxygen atoms in total. The molecule has 0 saturated carbocycles. The highest BCUT2D eigenvalue weighted by Gasteiger charge is 2.24. The van der Waals surface area contributed by atoms with Crippen molar-refractivity contribution in [3.05, 3.63) is 58.1 Å². The van der Waals surface area contributed by atoms with Crippen molar-refractivity contribution < 1.29 is 14.3 Å². The largest absolute Gasteiger partial charge is 0.479 e. The summed E-state index contributed by atoms with van der Waals surface area (Å²) >= 11 is 7.35. The molecule has 0 fully saturated rings. The molecule has 1 atom stereocenters. The van der Waals surface area contributed by atoms with Crippen molar-refractivity contribution in [1.82, 2.24) is 4.98 Å². The molecule has 2 amide bonds. The fourth-order valence-electron chi connectivity index (χ4n) is 2.83. The first-order valence-electron chi connectivity index (χ1n) is 8.57. The molecule has 8 heteroatoms. The average molecular weight is 414 g/mol. The van der Waals surface area contributed by atoms with Gasteiger partial charge in [0.25, 0.3) is 11.8 Å². The summed E-state index contributed by atoms with van der Waals surface area (Å²) in [6, 6.07) is 12.5. The second kappa shape index (κ2) is 7.26. The van der Waals surface area contributed by atoms with Gasteiger partial charge in [0.1, 0.15) is 15.6 Å². The molecule has 1 aliphatic heterocycles. The van der Waals surface area contributed by atoms with Crippen LogP contribution >= 0.6 is 22.9 Å². The predicted molar refractivity (Wildman–Crippen MR) is 110 cm³/mol. The number of aromatic nitrogens is 1. The van der Waals surface area contributed by atoms with Gasteiger partial charge in [0, 0.05) is 16.3 Å². The summed E-state index contributed by atoms with van der Waals surface area (Å²) in [6.07, 6.45) is -0.544. The molecule has 1 aromatic heterocycles. The van der Waals surface area contributed by atoms with Crippen LogP contribution in [0.25, 0.3) is 10.6 Å². The lowest BCUT2D eigenvalue weighted by molar-refractivity contribution is -0.122. The maximum Gasteiger partial charge on any atom is 0.267 e. The van der Waals surface area contributed by atoms with E-state index in [9.17, 15) is 9.59 Å². The molecule has 0 aliphatic carbocycles. The molecule has 1 unspecified atom stereocenters. The minimum atomic E-state index is -0.544. The number of hydrogen-bond donors (Lipinski definition) is 2. The molecule has 2 aromatic carbocycles. The van der Waals surface area contributed by atoms with E-state index in [2.05, 4.69) is 15.6 Å². The van der Waals surface area contributed by atoms with Gasteiger partial charge in [-0.05, 0) is 44.2 Å². The number of aryl methyl sites for hydroxylation is 1. The van der Waals surface area contributed by atoms with Crippen LogP contribution in [0.2, 0.25) is 5.02 Å². The number of benzene rings is 2. The third-order valence-corrected chi connectivity index (χ3v) is 5.68. The van der Waals surface area contributed by atoms with E-state index in [1.165, 1.54) is 11.3 Å². The Hall–Kier alpha value is -2.90. The smallest absolute Gasteiger partial charge is 0.267 e. The molecule has 28 heavy (non-hydrogen) atoms. The molecule has 0 bridgehead atoms. The van der Waals surface area contributed by atoms with E-state index in [1.807, 2.05) is 18.2 Å². The summed E-state index contributed by atoms with van der Waals surface area (Å²) in [7, 11) is 0. The molecule has 1 aliphatic rings. The Balaban J connectivity index is 1.56. The van der Waals surface area contributed by atoms with E-state index >= 15 is 0 Å². The van der Waals surface area contributed by atoms with Crippen LogP contribution in [0.4, 0.5) is 11.4 Å². The molecule has 142 valence electrons. The van der Waals surface area contributed by atoms with Crippen molar-refractivity contribution in [3.8, 4) is 16.3 Å². The number of rotatable bonds is 3. The molecule has 0 saturated heterocycles. The van der Waals surface area contributed by atoms with Gasteiger partial charge in [0.2, 0.25) is 0 Å². The maximum absolute atomic E-state index is 12.7. The van der Waals surface area contributed by atoms with Gasteiger partial charge in [-0.25, -0.2) is 4.98 Å². The topological polar surface area (TPSA) is 80.3 Å². The number of ether oxygens (including phenoxy) is 1. The number of carbonyl (C=O) groups excluding carboxylic acids is 2. The number of nitrogens with one attached hydrogen (secondary N) is 2. The van der Waals surface area contributed by atoms with E-state index in [1.54, 1.807) is 38.1 Å². The molecule has 2 N–H and O–H groups in total. The third-order valence-electron chi connectivity index (χ3n) is 4.24. The highest BCUT2D eigenvalue weighted by atomic mass is 35.5. The second-order valence-electron chi connectivity index (χ2n) is 6.36. The van der Waals surface area contributed by atoms with Crippen molar-refractivity contribution in [2.24, 2.45) is 0 Å². The zero-order valence-electron chi connectivity index (χ0n) is 15.1. The summed E-state index contributed by atoms with van der Waals surface area (Å²) < 4.78 is 5.53. The minimum absolute atomic E-state index is 0.222. The monoisotopic (exact) mass is 413 g/mol. The second-order valence-corrected chi connectivity index (χ2v) is 7.79. The lowest BCUT2D eigenvalue weighted by atomic mass is 10.2. The molecular weight excluding hydrogens is 398 g/mol. The van der Waals surface area contributed by atoms with Crippen molar-refractivity contribution >= 4 is 46.1 Å². The van der Waals surface area contributed by atoms with Gasteiger partial charge in [-0.2, -0.15) is 0 Å². The Morgan fingerprint density at radius 3 is 2.89 bits per heavy atom. The van der Waals surface area contributed by atoms with Crippen LogP contribution in [0.1, 0.15) is 22.3 Å². The lowest BCUT2D eigenvalue weighted by Crippen LogP contribution is -2.34. The van der Waals surface area contributed by atoms with Crippen molar-refractivity contribution in [1.29, 1.82) is 0 Å². The average Bonchev–Trinajstić information content (AvgIpc) is 3.05. The third kappa shape index (κ3) is 3.58. The van der Waals surface area contributed by atoms with Crippen LogP contribution in [-0.2, 0) is 4.79 Å². The number of nitrogens with zero attached hydrogens (tertiary/aromatic N) is 1. The van der Waals surface area contributed by atoms with E-state index in [0.717, 1.165) is 10.6 Å². The molecular formula is C20H16ClN3O3S. The molecule has 2 heterocycles. The molecule has 4 rings (SSSR count). The van der Waals surface area contributed by atoms with Crippen molar-refractivity contribution in [3.63, 3.8) is 0 Å². The summed E-state index contributed by atoms with van der Waals surface area (Å²) in [6.45, 7) is 3.47. The fraction of sp³-hybridized carbons (Fsp3) is 0.150. The predicted octanol–water partition coefficient (Wildman–Crippen LogP) is 4.74. The highest BCUT2D eigenvalue weighted by molar-refractivity contribution is 7.17. The Morgan fingerprint density at radius 1 is 1.29 bits per heavy atom. The van der Waals surface area contributed by atoms with Crippen LogP contribution in [-0.4, -0.2) is 22.9 Å². The summed E-state index contributed by atoms with van der Waals surface area (Å²) in [5, 5.41) is 6.96. The van der Waals surface area contributed by atoms with Gasteiger partial charge in [-0.3, -0.25) is 9.59 Å². The van der Waals surface area contributed by atoms with E-state index in [-0.39, 0.29) is 11.8 Å². The number of amides is 2. The summed E-state index contributed by atoms with van der Waals surface area (Å²) in [5.41, 5.74) is 2.59. The van der Waals surface area contributed by atoms with Crippen molar-refractivity contribution in [2.45, 2.75) is 20.0 Å². The van der Waals surface area contributed by atoms with Gasteiger partial charge < -0.3 is 15.4 Å². The highest BCUT2D eigenvalue weighted by Crippen LogP contribution is 2.33. The van der Waals surface area contributed by atoms with Gasteiger partial charge in [0.15, 0.2) is 6.10 Å². The van der Waals surface area contributed by atoms with Gasteiger partial charge in [-0.15, -0.1) is 11.3 Å². The summed E-state index contributed by atoms with van der Waals surface area (Å²) in [4.78, 5) is 29.5. The maximum atomic E-state index is 12.7. The molecule has 0 spiro atoms. The van der Waals surface area contributed by atoms with Crippen LogP contribution in [0.3, 0.4) is 0 Å². The quantitative estimate of drug-likeness (QED) is 0.649. The van der Waals surface area contributed by atoms with Crippen molar-refractivity contribution in [2.75, 3.05) is 10.6 Å². The molecule has 0 radical (unpaired) electrons. The van der Waals surface area contributed by atoms with Gasteiger partial charge in [-0.1, -0.05) is 23.7 Å². The van der Waals surface area contributed by atoms with E-state index in [4.69, 9.17) is 16.3 Å². The number of thiazole rings is 1. The van der Waals surface area contributed by atoms with Gasteiger partial charge >= 0.3 is 0 Å². The van der Waals surface area contributed by atoms with E-state index < -0.39 is 6.10 Å². The standard InChI is InChI=1S/C20H16ClN3O3S/c1-10-17(28-20(22-10)12-4-3-5-13(21)8-12)19(26)23-14-6-7-16-15(9-14)24-18(25)11(2)27-16/h3-9,11H,1-2H3,(H,23,26)(H,24,25). The SMILES string of the molecule is Cc1nc(-c2cccc(Cl)c2)sc1C(=O)Nc1ccc2c(c1)NC(=O)C(C)O2. The minimum Gasteiger partial charge on any atom is -0.479 e. The Bertz CT molecular complexity index is 1100. The summed E-state index contributed by atoms with van der Waals surface area (Å²) in [5.74, 6) is 0.0856. The number of hydrogen-bond acceptors (Lipinski definition) is 5. The Labute approximate surface area is 170 Å². The van der Waals surface area contributed by atoms with E-state index in [0.29, 0.717) is 32.7 Å². The van der Waals surface area contributed by atoms with Crippen LogP contribution < -0.4 is 15.4 Å². The fourth-order valence-corrected chi connectivity index (χ4v) is 3.97. The van der Waals surface area contributed by atoms with Crippen LogP contribution in [0, 0.1) is 6.92 Å². The molecule has 3 aromatic rings. The van der Waals surface area contributed by atoms with Crippen LogP contribution in [0.15, 0.2) is 42.5 Å². The zero-order valence-corrected chi connectivity index (χ0v) is 16.6. The van der Waals surface area contributed by atoms with Crippen LogP contribution in [0.5, 0.6) is 5.75 Å². The normalized spacial score (nSPS) is 15.4.